The van der Waals surface area contributed by atoms with Crippen LogP contribution < -0.4 is 0 Å². The van der Waals surface area contributed by atoms with Crippen molar-refractivity contribution in [3.8, 4) is 0 Å². The zero-order valence-corrected chi connectivity index (χ0v) is 9.15. The second kappa shape index (κ2) is 4.79. The molecule has 1 aliphatic carbocycles. The van der Waals surface area contributed by atoms with E-state index in [0.29, 0.717) is 5.92 Å². The Labute approximate surface area is 90.4 Å². The highest BCUT2D eigenvalue weighted by molar-refractivity contribution is 5.66. The minimum absolute atomic E-state index is 0.0447. The number of hydrogen-bond acceptors (Lipinski definition) is 3. The molecule has 3 heteroatoms. The highest BCUT2D eigenvalue weighted by atomic mass is 16.5. The molecule has 0 saturated carbocycles. The Bertz CT molecular complexity index is 260. The average molecular weight is 210 g/mol. The summed E-state index contributed by atoms with van der Waals surface area (Å²) in [7, 11) is 0. The molecule has 0 radical (unpaired) electrons. The molecule has 1 heterocycles. The molecule has 3 atom stereocenters. The van der Waals surface area contributed by atoms with Gasteiger partial charge in [-0.05, 0) is 37.7 Å². The number of esters is 1. The molecule has 0 spiro atoms. The Morgan fingerprint density at radius 3 is 3.00 bits per heavy atom. The lowest BCUT2D eigenvalue weighted by molar-refractivity contribution is -0.144. The van der Waals surface area contributed by atoms with Crippen LogP contribution in [0.4, 0.5) is 0 Å². The van der Waals surface area contributed by atoms with Gasteiger partial charge in [-0.25, -0.2) is 0 Å². The van der Waals surface area contributed by atoms with Gasteiger partial charge in [0.15, 0.2) is 0 Å². The molecule has 0 aromatic rings. The predicted molar refractivity (Wildman–Crippen MR) is 56.4 cm³/mol. The van der Waals surface area contributed by atoms with Gasteiger partial charge in [-0.3, -0.25) is 4.79 Å². The maximum absolute atomic E-state index is 10.9. The number of ether oxygens (including phenoxy) is 2. The fourth-order valence-corrected chi connectivity index (χ4v) is 2.41. The van der Waals surface area contributed by atoms with Gasteiger partial charge in [0.25, 0.3) is 0 Å². The molecule has 0 aromatic carbocycles. The molecule has 3 nitrogen and oxygen atoms in total. The van der Waals surface area contributed by atoms with Gasteiger partial charge in [-0.15, -0.1) is 0 Å². The van der Waals surface area contributed by atoms with E-state index in [-0.39, 0.29) is 18.2 Å². The molecule has 1 aliphatic heterocycles. The standard InChI is InChI=1S/C12H18O3/c1-9(13)15-11-5-4-10-3-2-8-14-12(10)7-6-11/h6-7,10-12H,2-5,8H2,1H3/t10-,11+,12+/m0/s1. The van der Waals surface area contributed by atoms with Gasteiger partial charge in [0.1, 0.15) is 6.10 Å². The van der Waals surface area contributed by atoms with Gasteiger partial charge in [0, 0.05) is 13.5 Å². The lowest BCUT2D eigenvalue weighted by Gasteiger charge is -2.28. The maximum atomic E-state index is 10.9. The summed E-state index contributed by atoms with van der Waals surface area (Å²) in [4.78, 5) is 10.9. The Kier molecular flexibility index (Phi) is 3.41. The van der Waals surface area contributed by atoms with Crippen molar-refractivity contribution in [1.29, 1.82) is 0 Å². The van der Waals surface area contributed by atoms with Crippen LogP contribution >= 0.6 is 0 Å². The van der Waals surface area contributed by atoms with Gasteiger partial charge in [-0.1, -0.05) is 6.08 Å². The SMILES string of the molecule is CC(=O)O[C@H]1C=C[C@H]2OCCC[C@H]2CC1. The van der Waals surface area contributed by atoms with E-state index in [1.54, 1.807) is 0 Å². The molecule has 2 rings (SSSR count). The largest absolute Gasteiger partial charge is 0.458 e. The normalized spacial score (nSPS) is 35.4. The first-order valence-electron chi connectivity index (χ1n) is 5.73. The molecule has 1 saturated heterocycles. The summed E-state index contributed by atoms with van der Waals surface area (Å²) in [5.74, 6) is 0.422. The molecule has 0 bridgehead atoms. The van der Waals surface area contributed by atoms with E-state index < -0.39 is 0 Å². The predicted octanol–water partition coefficient (Wildman–Crippen LogP) is 2.06. The summed E-state index contributed by atoms with van der Waals surface area (Å²) in [6.07, 6.45) is 8.68. The second-order valence-electron chi connectivity index (χ2n) is 4.35. The highest BCUT2D eigenvalue weighted by Gasteiger charge is 2.27. The van der Waals surface area contributed by atoms with Gasteiger partial charge < -0.3 is 9.47 Å². The lowest BCUT2D eigenvalue weighted by atomic mass is 9.91. The fraction of sp³-hybridized carbons (Fsp3) is 0.750. The van der Waals surface area contributed by atoms with Crippen molar-refractivity contribution in [3.63, 3.8) is 0 Å². The highest BCUT2D eigenvalue weighted by Crippen LogP contribution is 2.29. The quantitative estimate of drug-likeness (QED) is 0.491. The summed E-state index contributed by atoms with van der Waals surface area (Å²) < 4.78 is 10.9. The van der Waals surface area contributed by atoms with Crippen molar-refractivity contribution in [2.24, 2.45) is 5.92 Å². The third kappa shape index (κ3) is 2.81. The monoisotopic (exact) mass is 210 g/mol. The van der Waals surface area contributed by atoms with E-state index in [1.165, 1.54) is 13.3 Å². The van der Waals surface area contributed by atoms with Crippen LogP contribution in [0, 0.1) is 5.92 Å². The summed E-state index contributed by atoms with van der Waals surface area (Å²) in [5.41, 5.74) is 0. The first-order valence-corrected chi connectivity index (χ1v) is 5.73. The Morgan fingerprint density at radius 2 is 2.20 bits per heavy atom. The fourth-order valence-electron chi connectivity index (χ4n) is 2.41. The van der Waals surface area contributed by atoms with Gasteiger partial charge >= 0.3 is 5.97 Å². The van der Waals surface area contributed by atoms with E-state index in [4.69, 9.17) is 9.47 Å². The van der Waals surface area contributed by atoms with E-state index in [1.807, 2.05) is 6.08 Å². The zero-order chi connectivity index (χ0) is 10.7. The zero-order valence-electron chi connectivity index (χ0n) is 9.15. The first-order chi connectivity index (χ1) is 7.25. The van der Waals surface area contributed by atoms with E-state index in [9.17, 15) is 4.79 Å². The maximum Gasteiger partial charge on any atom is 0.303 e. The Morgan fingerprint density at radius 1 is 1.33 bits per heavy atom. The first kappa shape index (κ1) is 10.7. The minimum Gasteiger partial charge on any atom is -0.458 e. The van der Waals surface area contributed by atoms with Crippen LogP contribution in [0.5, 0.6) is 0 Å². The van der Waals surface area contributed by atoms with Crippen molar-refractivity contribution in [2.45, 2.75) is 44.8 Å². The van der Waals surface area contributed by atoms with Crippen molar-refractivity contribution in [3.05, 3.63) is 12.2 Å². The number of carbonyl (C=O) groups is 1. The smallest absolute Gasteiger partial charge is 0.303 e. The molecule has 0 amide bonds. The van der Waals surface area contributed by atoms with E-state index in [0.717, 1.165) is 25.9 Å². The number of carbonyl (C=O) groups excluding carboxylic acids is 1. The van der Waals surface area contributed by atoms with Crippen LogP contribution in [0.25, 0.3) is 0 Å². The van der Waals surface area contributed by atoms with Crippen molar-refractivity contribution >= 4 is 5.97 Å². The Balaban J connectivity index is 1.95. The summed E-state index contributed by atoms with van der Waals surface area (Å²) in [5, 5.41) is 0. The van der Waals surface area contributed by atoms with Crippen LogP contribution in [-0.2, 0) is 14.3 Å². The molecular weight excluding hydrogens is 192 g/mol. The number of fused-ring (bicyclic) bond motifs is 1. The Hall–Kier alpha value is -0.830. The summed E-state index contributed by atoms with van der Waals surface area (Å²) >= 11 is 0. The van der Waals surface area contributed by atoms with Crippen LogP contribution in [-0.4, -0.2) is 24.8 Å². The third-order valence-corrected chi connectivity index (χ3v) is 3.15. The number of hydrogen-bond donors (Lipinski definition) is 0. The molecule has 84 valence electrons. The average Bonchev–Trinajstić information content (AvgIpc) is 2.41. The van der Waals surface area contributed by atoms with Crippen molar-refractivity contribution in [2.75, 3.05) is 6.61 Å². The summed E-state index contributed by atoms with van der Waals surface area (Å²) in [6.45, 7) is 2.33. The van der Waals surface area contributed by atoms with Gasteiger partial charge in [0.2, 0.25) is 0 Å². The molecule has 0 N–H and O–H groups in total. The van der Waals surface area contributed by atoms with Gasteiger partial charge in [0.05, 0.1) is 6.10 Å². The van der Waals surface area contributed by atoms with Crippen LogP contribution in [0.3, 0.4) is 0 Å². The molecule has 2 aliphatic rings. The van der Waals surface area contributed by atoms with Crippen LogP contribution in [0.15, 0.2) is 12.2 Å². The number of rotatable bonds is 1. The molecule has 0 unspecified atom stereocenters. The van der Waals surface area contributed by atoms with Crippen LogP contribution in [0.2, 0.25) is 0 Å². The van der Waals surface area contributed by atoms with Gasteiger partial charge in [-0.2, -0.15) is 0 Å². The molecular formula is C12H18O3. The van der Waals surface area contributed by atoms with Crippen LogP contribution in [0.1, 0.15) is 32.6 Å². The second-order valence-corrected chi connectivity index (χ2v) is 4.35. The molecule has 15 heavy (non-hydrogen) atoms. The lowest BCUT2D eigenvalue weighted by Crippen LogP contribution is -2.27. The topological polar surface area (TPSA) is 35.5 Å². The van der Waals surface area contributed by atoms with Crippen molar-refractivity contribution < 1.29 is 14.3 Å². The minimum atomic E-state index is -0.199. The molecule has 0 aromatic heterocycles. The van der Waals surface area contributed by atoms with Crippen molar-refractivity contribution in [1.82, 2.24) is 0 Å². The third-order valence-electron chi connectivity index (χ3n) is 3.15. The summed E-state index contributed by atoms with van der Waals surface area (Å²) in [6, 6.07) is 0. The van der Waals surface area contributed by atoms with E-state index >= 15 is 0 Å². The molecule has 1 fully saturated rings. The van der Waals surface area contributed by atoms with E-state index in [2.05, 4.69) is 6.08 Å².